The summed E-state index contributed by atoms with van der Waals surface area (Å²) in [5.41, 5.74) is 3.68. The molecule has 0 bridgehead atoms. The van der Waals surface area contributed by atoms with Crippen LogP contribution in [0.1, 0.15) is 44.6 Å². The van der Waals surface area contributed by atoms with E-state index in [2.05, 4.69) is 36.7 Å². The van der Waals surface area contributed by atoms with Crippen LogP contribution in [0.5, 0.6) is 0 Å². The van der Waals surface area contributed by atoms with Gasteiger partial charge in [-0.2, -0.15) is 0 Å². The Morgan fingerprint density at radius 2 is 1.92 bits per heavy atom. The van der Waals surface area contributed by atoms with Crippen molar-refractivity contribution in [3.05, 3.63) is 23.0 Å². The molecule has 1 aliphatic heterocycles. The molecule has 0 spiro atoms. The molecule has 1 saturated carbocycles. The molecule has 5 heteroatoms. The van der Waals surface area contributed by atoms with Crippen LogP contribution in [-0.4, -0.2) is 40.3 Å². The molecular formula is C19H31N3O2. The Labute approximate surface area is 145 Å². The van der Waals surface area contributed by atoms with Gasteiger partial charge in [-0.05, 0) is 65.0 Å². The van der Waals surface area contributed by atoms with Crippen LogP contribution in [0.2, 0.25) is 0 Å². The van der Waals surface area contributed by atoms with E-state index in [1.807, 2.05) is 25.7 Å². The quantitative estimate of drug-likeness (QED) is 0.921. The molecular weight excluding hydrogens is 302 g/mol. The first-order chi connectivity index (χ1) is 11.2. The van der Waals surface area contributed by atoms with Gasteiger partial charge >= 0.3 is 6.09 Å². The van der Waals surface area contributed by atoms with E-state index in [9.17, 15) is 4.79 Å². The predicted octanol–water partition coefficient (Wildman–Crippen LogP) is 3.08. The van der Waals surface area contributed by atoms with Crippen LogP contribution >= 0.6 is 0 Å². The van der Waals surface area contributed by atoms with Crippen LogP contribution in [0.4, 0.5) is 4.79 Å². The molecule has 2 fully saturated rings. The van der Waals surface area contributed by atoms with Gasteiger partial charge in [-0.15, -0.1) is 0 Å². The molecule has 0 radical (unpaired) electrons. The zero-order valence-electron chi connectivity index (χ0n) is 15.8. The van der Waals surface area contributed by atoms with Gasteiger partial charge < -0.3 is 19.5 Å². The first-order valence-corrected chi connectivity index (χ1v) is 9.08. The fourth-order valence-electron chi connectivity index (χ4n) is 4.07. The molecule has 1 N–H and O–H groups in total. The summed E-state index contributed by atoms with van der Waals surface area (Å²) in [5.74, 6) is 1.18. The summed E-state index contributed by atoms with van der Waals surface area (Å²) in [6.45, 7) is 15.9. The first kappa shape index (κ1) is 17.3. The summed E-state index contributed by atoms with van der Waals surface area (Å²) >= 11 is 0. The molecule has 1 aliphatic carbocycles. The minimum atomic E-state index is -0.413. The molecule has 0 aromatic carbocycles. The number of hydrogen-bond acceptors (Lipinski definition) is 3. The first-order valence-electron chi connectivity index (χ1n) is 9.08. The fourth-order valence-corrected chi connectivity index (χ4v) is 4.07. The van der Waals surface area contributed by atoms with Gasteiger partial charge in [0.1, 0.15) is 5.60 Å². The van der Waals surface area contributed by atoms with Crippen molar-refractivity contribution < 1.29 is 9.53 Å². The number of hydrogen-bond donors (Lipinski definition) is 1. The number of piperidine rings is 1. The van der Waals surface area contributed by atoms with Gasteiger partial charge in [-0.3, -0.25) is 0 Å². The molecule has 1 aromatic heterocycles. The lowest BCUT2D eigenvalue weighted by Crippen LogP contribution is -2.39. The van der Waals surface area contributed by atoms with Crippen molar-refractivity contribution in [2.45, 2.75) is 66.3 Å². The van der Waals surface area contributed by atoms with E-state index in [-0.39, 0.29) is 6.09 Å². The molecule has 1 saturated heterocycles. The van der Waals surface area contributed by atoms with Crippen molar-refractivity contribution in [2.24, 2.45) is 11.8 Å². The summed E-state index contributed by atoms with van der Waals surface area (Å²) in [7, 11) is 0. The number of likely N-dealkylation sites (tertiary alicyclic amines) is 1. The SMILES string of the molecule is CCn1c(C)cc(CNC2C3CN(C(=O)OC(C)(C)C)CC32)c1C. The van der Waals surface area contributed by atoms with E-state index in [0.29, 0.717) is 17.9 Å². The summed E-state index contributed by atoms with van der Waals surface area (Å²) < 4.78 is 7.82. The number of rotatable bonds is 4. The van der Waals surface area contributed by atoms with E-state index in [0.717, 1.165) is 26.2 Å². The maximum Gasteiger partial charge on any atom is 0.410 e. The number of carbonyl (C=O) groups is 1. The number of carbonyl (C=O) groups excluding carboxylic acids is 1. The Morgan fingerprint density at radius 1 is 1.29 bits per heavy atom. The van der Waals surface area contributed by atoms with Crippen molar-refractivity contribution in [2.75, 3.05) is 13.1 Å². The number of aryl methyl sites for hydroxylation is 1. The highest BCUT2D eigenvalue weighted by molar-refractivity contribution is 5.69. The molecule has 2 atom stereocenters. The smallest absolute Gasteiger partial charge is 0.410 e. The van der Waals surface area contributed by atoms with Crippen molar-refractivity contribution in [1.29, 1.82) is 0 Å². The number of fused-ring (bicyclic) bond motifs is 1. The predicted molar refractivity (Wildman–Crippen MR) is 95.0 cm³/mol. The Balaban J connectivity index is 1.48. The van der Waals surface area contributed by atoms with E-state index in [4.69, 9.17) is 4.74 Å². The molecule has 2 aliphatic rings. The van der Waals surface area contributed by atoms with Crippen LogP contribution in [0, 0.1) is 25.7 Å². The van der Waals surface area contributed by atoms with Crippen molar-refractivity contribution in [3.8, 4) is 0 Å². The minimum absolute atomic E-state index is 0.167. The normalized spacial score (nSPS) is 25.8. The summed E-state index contributed by atoms with van der Waals surface area (Å²) in [5, 5.41) is 3.70. The standard InChI is InChI=1S/C19H31N3O2/c1-7-22-12(2)8-14(13(22)3)9-20-17-15-10-21(11-16(15)17)18(23)24-19(4,5)6/h8,15-17,20H,7,9-11H2,1-6H3. The lowest BCUT2D eigenvalue weighted by Gasteiger charge is -2.26. The zero-order chi connectivity index (χ0) is 17.6. The van der Waals surface area contributed by atoms with Crippen molar-refractivity contribution in [3.63, 3.8) is 0 Å². The maximum absolute atomic E-state index is 12.1. The van der Waals surface area contributed by atoms with Crippen LogP contribution in [0.3, 0.4) is 0 Å². The second-order valence-electron chi connectivity index (χ2n) is 8.26. The average Bonchev–Trinajstić information content (AvgIpc) is 2.81. The molecule has 1 amide bonds. The highest BCUT2D eigenvalue weighted by Crippen LogP contribution is 2.46. The molecule has 24 heavy (non-hydrogen) atoms. The molecule has 2 heterocycles. The highest BCUT2D eigenvalue weighted by atomic mass is 16.6. The second kappa shape index (κ2) is 6.10. The minimum Gasteiger partial charge on any atom is -0.444 e. The van der Waals surface area contributed by atoms with Crippen molar-refractivity contribution in [1.82, 2.24) is 14.8 Å². The number of aromatic nitrogens is 1. The van der Waals surface area contributed by atoms with Gasteiger partial charge in [0, 0.05) is 43.6 Å². The topological polar surface area (TPSA) is 46.5 Å². The maximum atomic E-state index is 12.1. The fraction of sp³-hybridized carbons (Fsp3) is 0.737. The molecule has 1 aromatic rings. The van der Waals surface area contributed by atoms with Crippen molar-refractivity contribution >= 4 is 6.09 Å². The van der Waals surface area contributed by atoms with E-state index >= 15 is 0 Å². The summed E-state index contributed by atoms with van der Waals surface area (Å²) in [4.78, 5) is 14.0. The van der Waals surface area contributed by atoms with E-state index in [1.165, 1.54) is 17.0 Å². The molecule has 134 valence electrons. The number of ether oxygens (including phenoxy) is 1. The Morgan fingerprint density at radius 3 is 2.42 bits per heavy atom. The van der Waals surface area contributed by atoms with Crippen LogP contribution in [0.15, 0.2) is 6.07 Å². The third-order valence-electron chi connectivity index (χ3n) is 5.37. The lowest BCUT2D eigenvalue weighted by atomic mass is 10.2. The van der Waals surface area contributed by atoms with Gasteiger partial charge in [0.25, 0.3) is 0 Å². The van der Waals surface area contributed by atoms with Gasteiger partial charge in [0.05, 0.1) is 0 Å². The zero-order valence-corrected chi connectivity index (χ0v) is 15.8. The number of amides is 1. The second-order valence-corrected chi connectivity index (χ2v) is 8.26. The third kappa shape index (κ3) is 3.32. The Hall–Kier alpha value is -1.49. The third-order valence-corrected chi connectivity index (χ3v) is 5.37. The van der Waals surface area contributed by atoms with Crippen LogP contribution in [0.25, 0.3) is 0 Å². The molecule has 3 rings (SSSR count). The Kier molecular flexibility index (Phi) is 4.41. The van der Waals surface area contributed by atoms with Gasteiger partial charge in [0.15, 0.2) is 0 Å². The number of nitrogens with zero attached hydrogens (tertiary/aromatic N) is 2. The molecule has 2 unspecified atom stereocenters. The van der Waals surface area contributed by atoms with E-state index < -0.39 is 5.60 Å². The van der Waals surface area contributed by atoms with Gasteiger partial charge in [0.2, 0.25) is 0 Å². The van der Waals surface area contributed by atoms with Crippen LogP contribution in [-0.2, 0) is 17.8 Å². The van der Waals surface area contributed by atoms with Crippen LogP contribution < -0.4 is 5.32 Å². The lowest BCUT2D eigenvalue weighted by molar-refractivity contribution is 0.0269. The largest absolute Gasteiger partial charge is 0.444 e. The summed E-state index contributed by atoms with van der Waals surface area (Å²) in [6, 6.07) is 2.84. The highest BCUT2D eigenvalue weighted by Gasteiger charge is 2.56. The molecule has 5 nitrogen and oxygen atoms in total. The van der Waals surface area contributed by atoms with Gasteiger partial charge in [-0.1, -0.05) is 0 Å². The number of nitrogens with one attached hydrogen (secondary N) is 1. The monoisotopic (exact) mass is 333 g/mol. The van der Waals surface area contributed by atoms with E-state index in [1.54, 1.807) is 0 Å². The Bertz CT molecular complexity index is 617. The summed E-state index contributed by atoms with van der Waals surface area (Å²) in [6.07, 6.45) is -0.167. The average molecular weight is 333 g/mol. The van der Waals surface area contributed by atoms with Gasteiger partial charge in [-0.25, -0.2) is 4.79 Å².